The Morgan fingerprint density at radius 2 is 2.38 bits per heavy atom. The molecule has 0 spiro atoms. The Labute approximate surface area is 106 Å². The van der Waals surface area contributed by atoms with Crippen molar-refractivity contribution in [2.45, 2.75) is 11.2 Å². The molecule has 5 heteroatoms. The van der Waals surface area contributed by atoms with Crippen LogP contribution in [0.15, 0.2) is 12.3 Å². The molecule has 4 nitrogen and oxygen atoms in total. The van der Waals surface area contributed by atoms with Gasteiger partial charge in [-0.05, 0) is 13.1 Å². The molecule has 1 heterocycles. The van der Waals surface area contributed by atoms with Gasteiger partial charge in [0.15, 0.2) is 0 Å². The standard InChI is InChI=1S/C11H20BrN3O/c1-14(8-10(12)9-16-3)7-5-11-4-6-13-15(11)2/h4,6,10H,5,7-9H2,1-3H3. The van der Waals surface area contributed by atoms with Crippen LogP contribution in [0, 0.1) is 0 Å². The fourth-order valence-electron chi connectivity index (χ4n) is 1.61. The first kappa shape index (κ1) is 13.7. The minimum absolute atomic E-state index is 0.397. The van der Waals surface area contributed by atoms with Crippen molar-refractivity contribution in [1.29, 1.82) is 0 Å². The highest BCUT2D eigenvalue weighted by atomic mass is 79.9. The molecule has 0 fully saturated rings. The maximum atomic E-state index is 5.09. The summed E-state index contributed by atoms with van der Waals surface area (Å²) in [6, 6.07) is 2.06. The summed E-state index contributed by atoms with van der Waals surface area (Å²) in [7, 11) is 5.83. The number of rotatable bonds is 7. The van der Waals surface area contributed by atoms with Gasteiger partial charge in [-0.3, -0.25) is 4.68 Å². The summed E-state index contributed by atoms with van der Waals surface area (Å²) in [6.45, 7) is 2.77. The monoisotopic (exact) mass is 289 g/mol. The van der Waals surface area contributed by atoms with Crippen LogP contribution in [0.3, 0.4) is 0 Å². The van der Waals surface area contributed by atoms with Crippen LogP contribution in [0.25, 0.3) is 0 Å². The van der Waals surface area contributed by atoms with Crippen molar-refractivity contribution in [3.8, 4) is 0 Å². The average Bonchev–Trinajstić information content (AvgIpc) is 2.61. The molecule has 1 unspecified atom stereocenters. The number of hydrogen-bond donors (Lipinski definition) is 0. The van der Waals surface area contributed by atoms with Crippen molar-refractivity contribution in [2.24, 2.45) is 7.05 Å². The molecule has 1 aromatic heterocycles. The van der Waals surface area contributed by atoms with Crippen molar-refractivity contribution >= 4 is 15.9 Å². The lowest BCUT2D eigenvalue weighted by Crippen LogP contribution is -2.30. The Morgan fingerprint density at radius 1 is 1.62 bits per heavy atom. The second-order valence-corrected chi connectivity index (χ2v) is 5.31. The van der Waals surface area contributed by atoms with Crippen LogP contribution in [0.2, 0.25) is 0 Å². The molecule has 1 aromatic rings. The predicted molar refractivity (Wildman–Crippen MR) is 69.0 cm³/mol. The number of hydrogen-bond acceptors (Lipinski definition) is 3. The smallest absolute Gasteiger partial charge is 0.0600 e. The average molecular weight is 290 g/mol. The first-order valence-electron chi connectivity index (χ1n) is 5.42. The highest BCUT2D eigenvalue weighted by Gasteiger charge is 2.08. The molecule has 0 saturated heterocycles. The number of aromatic nitrogens is 2. The van der Waals surface area contributed by atoms with Crippen LogP contribution in [-0.2, 0) is 18.2 Å². The van der Waals surface area contributed by atoms with E-state index in [1.165, 1.54) is 5.69 Å². The Morgan fingerprint density at radius 3 is 2.94 bits per heavy atom. The van der Waals surface area contributed by atoms with Crippen LogP contribution < -0.4 is 0 Å². The van der Waals surface area contributed by atoms with E-state index in [0.29, 0.717) is 4.83 Å². The summed E-state index contributed by atoms with van der Waals surface area (Å²) < 4.78 is 7.01. The van der Waals surface area contributed by atoms with Gasteiger partial charge < -0.3 is 9.64 Å². The normalized spacial score (nSPS) is 13.3. The molecule has 92 valence electrons. The number of alkyl halides is 1. The Balaban J connectivity index is 2.25. The zero-order valence-corrected chi connectivity index (χ0v) is 11.8. The number of halogens is 1. The summed E-state index contributed by atoms with van der Waals surface area (Å²) >= 11 is 3.59. The van der Waals surface area contributed by atoms with Gasteiger partial charge in [0, 0.05) is 45.6 Å². The number of methoxy groups -OCH3 is 1. The molecular weight excluding hydrogens is 270 g/mol. The minimum Gasteiger partial charge on any atom is -0.383 e. The highest BCUT2D eigenvalue weighted by Crippen LogP contribution is 2.04. The molecule has 0 aliphatic rings. The summed E-state index contributed by atoms with van der Waals surface area (Å²) in [5.74, 6) is 0. The Kier molecular flexibility index (Phi) is 6.01. The Bertz CT molecular complexity index is 303. The van der Waals surface area contributed by atoms with Crippen LogP contribution in [0.5, 0.6) is 0 Å². The molecule has 1 rings (SSSR count). The van der Waals surface area contributed by atoms with Crippen LogP contribution in [0.4, 0.5) is 0 Å². The third-order valence-electron chi connectivity index (χ3n) is 2.53. The maximum absolute atomic E-state index is 5.09. The molecule has 0 aromatic carbocycles. The van der Waals surface area contributed by atoms with Gasteiger partial charge in [-0.25, -0.2) is 0 Å². The molecule has 1 atom stereocenters. The second-order valence-electron chi connectivity index (χ2n) is 4.01. The van der Waals surface area contributed by atoms with Crippen molar-refractivity contribution in [3.63, 3.8) is 0 Å². The van der Waals surface area contributed by atoms with Crippen molar-refractivity contribution in [1.82, 2.24) is 14.7 Å². The van der Waals surface area contributed by atoms with Gasteiger partial charge >= 0.3 is 0 Å². The number of likely N-dealkylation sites (N-methyl/N-ethyl adjacent to an activating group) is 1. The second kappa shape index (κ2) is 7.04. The topological polar surface area (TPSA) is 30.3 Å². The van der Waals surface area contributed by atoms with E-state index in [4.69, 9.17) is 4.74 Å². The van der Waals surface area contributed by atoms with E-state index < -0.39 is 0 Å². The van der Waals surface area contributed by atoms with Crippen molar-refractivity contribution in [2.75, 3.05) is 33.9 Å². The number of ether oxygens (including phenoxy) is 1. The largest absolute Gasteiger partial charge is 0.383 e. The molecule has 0 amide bonds. The Hall–Kier alpha value is -0.390. The van der Waals surface area contributed by atoms with Gasteiger partial charge in [-0.2, -0.15) is 5.10 Å². The van der Waals surface area contributed by atoms with Crippen LogP contribution in [-0.4, -0.2) is 53.4 Å². The first-order valence-corrected chi connectivity index (χ1v) is 6.33. The van der Waals surface area contributed by atoms with Crippen LogP contribution in [0.1, 0.15) is 5.69 Å². The lowest BCUT2D eigenvalue weighted by Gasteiger charge is -2.19. The van der Waals surface area contributed by atoms with E-state index in [-0.39, 0.29) is 0 Å². The molecule has 0 bridgehead atoms. The molecule has 0 radical (unpaired) electrons. The third kappa shape index (κ3) is 4.63. The number of aryl methyl sites for hydroxylation is 1. The first-order chi connectivity index (χ1) is 7.63. The minimum atomic E-state index is 0.397. The lowest BCUT2D eigenvalue weighted by atomic mass is 10.3. The van der Waals surface area contributed by atoms with Gasteiger partial charge in [0.1, 0.15) is 0 Å². The quantitative estimate of drug-likeness (QED) is 0.709. The summed E-state index contributed by atoms with van der Waals surface area (Å²) in [4.78, 5) is 2.69. The van der Waals surface area contributed by atoms with Crippen molar-refractivity contribution < 1.29 is 4.74 Å². The summed E-state index contributed by atoms with van der Waals surface area (Å²) in [5, 5.41) is 4.15. The molecule has 0 N–H and O–H groups in total. The van der Waals surface area contributed by atoms with Gasteiger partial charge in [0.25, 0.3) is 0 Å². The molecule has 0 aliphatic heterocycles. The predicted octanol–water partition coefficient (Wildman–Crippen LogP) is 1.30. The molecular formula is C11H20BrN3O. The SMILES string of the molecule is COCC(Br)CN(C)CCc1ccnn1C. The molecule has 16 heavy (non-hydrogen) atoms. The highest BCUT2D eigenvalue weighted by molar-refractivity contribution is 9.09. The fraction of sp³-hybridized carbons (Fsp3) is 0.727. The van der Waals surface area contributed by atoms with Gasteiger partial charge in [-0.15, -0.1) is 0 Å². The van der Waals surface area contributed by atoms with E-state index >= 15 is 0 Å². The van der Waals surface area contributed by atoms with Crippen molar-refractivity contribution in [3.05, 3.63) is 18.0 Å². The van der Waals surface area contributed by atoms with E-state index in [0.717, 1.165) is 26.1 Å². The van der Waals surface area contributed by atoms with Gasteiger partial charge in [0.2, 0.25) is 0 Å². The third-order valence-corrected chi connectivity index (χ3v) is 3.08. The lowest BCUT2D eigenvalue weighted by molar-refractivity contribution is 0.186. The van der Waals surface area contributed by atoms with E-state index in [2.05, 4.69) is 39.0 Å². The van der Waals surface area contributed by atoms with E-state index in [1.54, 1.807) is 7.11 Å². The van der Waals surface area contributed by atoms with E-state index in [9.17, 15) is 0 Å². The summed E-state index contributed by atoms with van der Waals surface area (Å²) in [5.41, 5.74) is 1.27. The fourth-order valence-corrected chi connectivity index (χ4v) is 2.37. The molecule has 0 aliphatic carbocycles. The zero-order valence-electron chi connectivity index (χ0n) is 10.2. The van der Waals surface area contributed by atoms with E-state index in [1.807, 2.05) is 17.9 Å². The molecule has 0 saturated carbocycles. The maximum Gasteiger partial charge on any atom is 0.0600 e. The zero-order chi connectivity index (χ0) is 12.0. The van der Waals surface area contributed by atoms with Gasteiger partial charge in [0.05, 0.1) is 11.4 Å². The summed E-state index contributed by atoms with van der Waals surface area (Å²) in [6.07, 6.45) is 2.87. The van der Waals surface area contributed by atoms with Crippen LogP contribution >= 0.6 is 15.9 Å². The van der Waals surface area contributed by atoms with Gasteiger partial charge in [-0.1, -0.05) is 15.9 Å². The number of nitrogens with zero attached hydrogens (tertiary/aromatic N) is 3.